The number of nitrogen functional groups attached to an aromatic ring is 1. The molecule has 0 bridgehead atoms. The first-order valence-electron chi connectivity index (χ1n) is 5.98. The number of nitrogens with zero attached hydrogens (tertiary/aromatic N) is 1. The van der Waals surface area contributed by atoms with Crippen LogP contribution >= 0.6 is 0 Å². The van der Waals surface area contributed by atoms with Crippen molar-refractivity contribution in [1.29, 1.82) is 0 Å². The first-order valence-corrected chi connectivity index (χ1v) is 5.98. The van der Waals surface area contributed by atoms with Crippen LogP contribution in [0.25, 0.3) is 0 Å². The highest BCUT2D eigenvalue weighted by molar-refractivity contribution is 5.24. The van der Waals surface area contributed by atoms with Crippen LogP contribution < -0.4 is 5.73 Å². The number of hydrogen-bond donors (Lipinski definition) is 1. The van der Waals surface area contributed by atoms with Gasteiger partial charge in [-0.1, -0.05) is 31.2 Å². The summed E-state index contributed by atoms with van der Waals surface area (Å²) in [6.45, 7) is 4.09. The summed E-state index contributed by atoms with van der Waals surface area (Å²) in [5, 5.41) is 0. The number of aromatic nitrogens is 1. The van der Waals surface area contributed by atoms with E-state index in [0.29, 0.717) is 0 Å². The van der Waals surface area contributed by atoms with Crippen LogP contribution in [0.5, 0.6) is 0 Å². The van der Waals surface area contributed by atoms with E-state index >= 15 is 0 Å². The lowest BCUT2D eigenvalue weighted by Crippen LogP contribution is -1.92. The molecule has 2 N–H and O–H groups in total. The van der Waals surface area contributed by atoms with Crippen LogP contribution in [-0.2, 0) is 19.3 Å². The van der Waals surface area contributed by atoms with Gasteiger partial charge in [0.05, 0.1) is 5.69 Å². The molecule has 0 spiro atoms. The number of oxazole rings is 1. The minimum Gasteiger partial charge on any atom is -0.429 e. The van der Waals surface area contributed by atoms with Crippen LogP contribution in [0.3, 0.4) is 0 Å². The zero-order chi connectivity index (χ0) is 12.3. The predicted molar refractivity (Wildman–Crippen MR) is 68.9 cm³/mol. The Balaban J connectivity index is 1.99. The first-order chi connectivity index (χ1) is 8.19. The predicted octanol–water partition coefficient (Wildman–Crippen LogP) is 2.91. The molecule has 3 heteroatoms. The molecule has 90 valence electrons. The SMILES string of the molecule is CCc1ccc(CCc2oc(N)nc2C)cc1. The standard InChI is InChI=1S/C14H18N2O/c1-3-11-4-6-12(7-5-11)8-9-13-10(2)16-14(15)17-13/h4-7H,3,8-9H2,1-2H3,(H2,15,16). The monoisotopic (exact) mass is 230 g/mol. The molecule has 2 rings (SSSR count). The number of benzene rings is 1. The van der Waals surface area contributed by atoms with Crippen LogP contribution in [0.2, 0.25) is 0 Å². The van der Waals surface area contributed by atoms with Crippen LogP contribution in [-0.4, -0.2) is 4.98 Å². The van der Waals surface area contributed by atoms with E-state index in [1.807, 2.05) is 6.92 Å². The van der Waals surface area contributed by atoms with E-state index in [2.05, 4.69) is 36.2 Å². The molecule has 0 saturated heterocycles. The van der Waals surface area contributed by atoms with Crippen molar-refractivity contribution in [3.63, 3.8) is 0 Å². The Morgan fingerprint density at radius 2 is 1.76 bits per heavy atom. The number of hydrogen-bond acceptors (Lipinski definition) is 3. The van der Waals surface area contributed by atoms with Gasteiger partial charge >= 0.3 is 0 Å². The van der Waals surface area contributed by atoms with E-state index < -0.39 is 0 Å². The lowest BCUT2D eigenvalue weighted by atomic mass is 10.1. The Labute approximate surface area is 102 Å². The van der Waals surface area contributed by atoms with Crippen LogP contribution in [0, 0.1) is 6.92 Å². The van der Waals surface area contributed by atoms with Gasteiger partial charge in [0.25, 0.3) is 6.01 Å². The number of nitrogens with two attached hydrogens (primary N) is 1. The molecular weight excluding hydrogens is 212 g/mol. The minimum atomic E-state index is 0.263. The normalized spacial score (nSPS) is 10.7. The van der Waals surface area contributed by atoms with E-state index in [4.69, 9.17) is 10.2 Å². The molecule has 0 atom stereocenters. The van der Waals surface area contributed by atoms with Crippen molar-refractivity contribution in [2.45, 2.75) is 33.1 Å². The van der Waals surface area contributed by atoms with Crippen molar-refractivity contribution in [3.05, 3.63) is 46.8 Å². The van der Waals surface area contributed by atoms with Crippen LogP contribution in [0.15, 0.2) is 28.7 Å². The van der Waals surface area contributed by atoms with Crippen molar-refractivity contribution in [2.24, 2.45) is 0 Å². The number of anilines is 1. The first kappa shape index (κ1) is 11.7. The summed E-state index contributed by atoms with van der Waals surface area (Å²) < 4.78 is 5.35. The van der Waals surface area contributed by atoms with Gasteiger partial charge in [0.2, 0.25) is 0 Å². The fourth-order valence-corrected chi connectivity index (χ4v) is 1.88. The molecule has 0 amide bonds. The number of rotatable bonds is 4. The van der Waals surface area contributed by atoms with Gasteiger partial charge in [0.1, 0.15) is 5.76 Å². The van der Waals surface area contributed by atoms with Crippen molar-refractivity contribution in [1.82, 2.24) is 4.98 Å². The van der Waals surface area contributed by atoms with Crippen LogP contribution in [0.1, 0.15) is 29.5 Å². The highest BCUT2D eigenvalue weighted by Gasteiger charge is 2.07. The maximum atomic E-state index is 5.51. The lowest BCUT2D eigenvalue weighted by Gasteiger charge is -2.01. The van der Waals surface area contributed by atoms with Crippen molar-refractivity contribution in [2.75, 3.05) is 5.73 Å². The smallest absolute Gasteiger partial charge is 0.292 e. The second-order valence-corrected chi connectivity index (χ2v) is 4.23. The Hall–Kier alpha value is -1.77. The zero-order valence-corrected chi connectivity index (χ0v) is 10.4. The second-order valence-electron chi connectivity index (χ2n) is 4.23. The molecule has 0 unspecified atom stereocenters. The molecule has 1 aromatic heterocycles. The molecule has 1 heterocycles. The molecule has 0 fully saturated rings. The second kappa shape index (κ2) is 5.04. The topological polar surface area (TPSA) is 52.0 Å². The van der Waals surface area contributed by atoms with Crippen molar-refractivity contribution in [3.8, 4) is 0 Å². The molecule has 0 aliphatic carbocycles. The third kappa shape index (κ3) is 2.87. The van der Waals surface area contributed by atoms with Gasteiger partial charge in [0.15, 0.2) is 0 Å². The molecule has 0 radical (unpaired) electrons. The third-order valence-electron chi connectivity index (χ3n) is 2.98. The molecule has 0 aliphatic heterocycles. The van der Waals surface area contributed by atoms with Gasteiger partial charge in [-0.15, -0.1) is 0 Å². The molecule has 0 saturated carbocycles. The molecule has 17 heavy (non-hydrogen) atoms. The van der Waals surface area contributed by atoms with Crippen LogP contribution in [0.4, 0.5) is 6.01 Å². The quantitative estimate of drug-likeness (QED) is 0.878. The summed E-state index contributed by atoms with van der Waals surface area (Å²) in [4.78, 5) is 4.06. The average Bonchev–Trinajstić information content (AvgIpc) is 2.66. The molecule has 2 aromatic rings. The van der Waals surface area contributed by atoms with E-state index in [1.165, 1.54) is 11.1 Å². The van der Waals surface area contributed by atoms with Crippen molar-refractivity contribution < 1.29 is 4.42 Å². The maximum Gasteiger partial charge on any atom is 0.292 e. The van der Waals surface area contributed by atoms with Gasteiger partial charge in [-0.25, -0.2) is 0 Å². The Bertz CT molecular complexity index is 485. The summed E-state index contributed by atoms with van der Waals surface area (Å²) >= 11 is 0. The fourth-order valence-electron chi connectivity index (χ4n) is 1.88. The Morgan fingerprint density at radius 3 is 2.29 bits per heavy atom. The molecule has 1 aromatic carbocycles. The zero-order valence-electron chi connectivity index (χ0n) is 10.4. The van der Waals surface area contributed by atoms with Crippen molar-refractivity contribution >= 4 is 6.01 Å². The lowest BCUT2D eigenvalue weighted by molar-refractivity contribution is 0.519. The molecular formula is C14H18N2O. The minimum absolute atomic E-state index is 0.263. The van der Waals surface area contributed by atoms with E-state index in [0.717, 1.165) is 30.7 Å². The summed E-state index contributed by atoms with van der Waals surface area (Å²) in [5.41, 5.74) is 9.09. The molecule has 3 nitrogen and oxygen atoms in total. The van der Waals surface area contributed by atoms with Gasteiger partial charge in [0, 0.05) is 6.42 Å². The van der Waals surface area contributed by atoms with E-state index in [1.54, 1.807) is 0 Å². The summed E-state index contributed by atoms with van der Waals surface area (Å²) in [6, 6.07) is 8.97. The number of aryl methyl sites for hydroxylation is 4. The maximum absolute atomic E-state index is 5.51. The average molecular weight is 230 g/mol. The van der Waals surface area contributed by atoms with E-state index in [9.17, 15) is 0 Å². The largest absolute Gasteiger partial charge is 0.429 e. The third-order valence-corrected chi connectivity index (χ3v) is 2.98. The summed E-state index contributed by atoms with van der Waals surface area (Å²) in [5.74, 6) is 0.891. The highest BCUT2D eigenvalue weighted by Crippen LogP contribution is 2.15. The van der Waals surface area contributed by atoms with Gasteiger partial charge < -0.3 is 10.2 Å². The summed E-state index contributed by atoms with van der Waals surface area (Å²) in [6.07, 6.45) is 2.89. The highest BCUT2D eigenvalue weighted by atomic mass is 16.4. The summed E-state index contributed by atoms with van der Waals surface area (Å²) in [7, 11) is 0. The fraction of sp³-hybridized carbons (Fsp3) is 0.357. The molecule has 0 aliphatic rings. The van der Waals surface area contributed by atoms with Gasteiger partial charge in [-0.05, 0) is 30.9 Å². The van der Waals surface area contributed by atoms with Gasteiger partial charge in [-0.2, -0.15) is 4.98 Å². The van der Waals surface area contributed by atoms with Gasteiger partial charge in [-0.3, -0.25) is 0 Å². The Kier molecular flexibility index (Phi) is 3.47. The van der Waals surface area contributed by atoms with E-state index in [-0.39, 0.29) is 6.01 Å². The Morgan fingerprint density at radius 1 is 1.12 bits per heavy atom.